The van der Waals surface area contributed by atoms with Crippen LogP contribution in [0.25, 0.3) is 0 Å². The summed E-state index contributed by atoms with van der Waals surface area (Å²) in [5, 5.41) is 3.23. The molecule has 26 heavy (non-hydrogen) atoms. The molecule has 1 N–H and O–H groups in total. The summed E-state index contributed by atoms with van der Waals surface area (Å²) in [6.45, 7) is 7.79. The topological polar surface area (TPSA) is 58.1 Å². The Morgan fingerprint density at radius 3 is 2.62 bits per heavy atom. The fourth-order valence-electron chi connectivity index (χ4n) is 3.59. The number of hydrogen-bond donors (Lipinski definition) is 1. The number of hydrogen-bond acceptors (Lipinski definition) is 4. The van der Waals surface area contributed by atoms with Gasteiger partial charge in [-0.25, -0.2) is 9.97 Å². The molecule has 0 unspecified atom stereocenters. The number of amides is 1. The molecule has 138 valence electrons. The monoisotopic (exact) mass is 352 g/mol. The lowest BCUT2D eigenvalue weighted by atomic mass is 9.96. The third-order valence-electron chi connectivity index (χ3n) is 5.10. The van der Waals surface area contributed by atoms with Gasteiger partial charge in [0.15, 0.2) is 0 Å². The van der Waals surface area contributed by atoms with Crippen LogP contribution in [0.1, 0.15) is 43.5 Å². The molecular formula is C21H28N4O. The van der Waals surface area contributed by atoms with Gasteiger partial charge in [0.05, 0.1) is 5.92 Å². The molecule has 1 atom stereocenters. The molecule has 0 spiro atoms. The molecule has 1 aliphatic rings. The Morgan fingerprint density at radius 1 is 1.23 bits per heavy atom. The normalized spacial score (nSPS) is 17.2. The first kappa shape index (κ1) is 18.4. The van der Waals surface area contributed by atoms with E-state index in [0.717, 1.165) is 49.6 Å². The predicted octanol–water partition coefficient (Wildman–Crippen LogP) is 3.76. The van der Waals surface area contributed by atoms with Crippen molar-refractivity contribution in [3.63, 3.8) is 0 Å². The Morgan fingerprint density at radius 2 is 1.96 bits per heavy atom. The highest BCUT2D eigenvalue weighted by molar-refractivity contribution is 5.94. The third-order valence-corrected chi connectivity index (χ3v) is 5.10. The van der Waals surface area contributed by atoms with Gasteiger partial charge in [-0.05, 0) is 49.8 Å². The number of carbonyl (C=O) groups is 1. The molecule has 0 bridgehead atoms. The lowest BCUT2D eigenvalue weighted by molar-refractivity contribution is -0.120. The first-order valence-electron chi connectivity index (χ1n) is 9.58. The molecule has 1 saturated heterocycles. The average molecular weight is 352 g/mol. The van der Waals surface area contributed by atoms with Crippen LogP contribution in [0.2, 0.25) is 0 Å². The summed E-state index contributed by atoms with van der Waals surface area (Å²) in [4.78, 5) is 24.0. The molecule has 1 aromatic carbocycles. The van der Waals surface area contributed by atoms with Crippen LogP contribution in [0, 0.1) is 12.8 Å². The SMILES string of the molecule is CCc1cccc(CC)c1NC(=O)[C@H]1CCCN(c2nccc(C)n2)C1. The zero-order valence-corrected chi connectivity index (χ0v) is 16.0. The zero-order valence-electron chi connectivity index (χ0n) is 16.0. The number of benzene rings is 1. The van der Waals surface area contributed by atoms with Crippen molar-refractivity contribution in [1.29, 1.82) is 0 Å². The lowest BCUT2D eigenvalue weighted by Crippen LogP contribution is -2.41. The van der Waals surface area contributed by atoms with Gasteiger partial charge in [-0.1, -0.05) is 32.0 Å². The minimum absolute atomic E-state index is 0.0394. The van der Waals surface area contributed by atoms with Gasteiger partial charge in [-0.2, -0.15) is 0 Å². The van der Waals surface area contributed by atoms with Crippen LogP contribution < -0.4 is 10.2 Å². The van der Waals surface area contributed by atoms with Gasteiger partial charge in [0.25, 0.3) is 0 Å². The Balaban J connectivity index is 1.74. The van der Waals surface area contributed by atoms with Crippen LogP contribution in [0.5, 0.6) is 0 Å². The van der Waals surface area contributed by atoms with E-state index in [0.29, 0.717) is 6.54 Å². The van der Waals surface area contributed by atoms with Crippen molar-refractivity contribution < 1.29 is 4.79 Å². The number of aryl methyl sites for hydroxylation is 3. The van der Waals surface area contributed by atoms with Gasteiger partial charge in [0.1, 0.15) is 0 Å². The number of anilines is 2. The highest BCUT2D eigenvalue weighted by Crippen LogP contribution is 2.26. The van der Waals surface area contributed by atoms with Crippen LogP contribution in [-0.4, -0.2) is 29.0 Å². The fraction of sp³-hybridized carbons (Fsp3) is 0.476. The van der Waals surface area contributed by atoms with E-state index in [4.69, 9.17) is 0 Å². The van der Waals surface area contributed by atoms with Gasteiger partial charge < -0.3 is 10.2 Å². The number of piperidine rings is 1. The van der Waals surface area contributed by atoms with Crippen LogP contribution in [0.3, 0.4) is 0 Å². The highest BCUT2D eigenvalue weighted by Gasteiger charge is 2.28. The Labute approximate surface area is 155 Å². The van der Waals surface area contributed by atoms with Gasteiger partial charge in [-0.3, -0.25) is 4.79 Å². The summed E-state index contributed by atoms with van der Waals surface area (Å²) in [6.07, 6.45) is 5.50. The smallest absolute Gasteiger partial charge is 0.229 e. The van der Waals surface area contributed by atoms with Gasteiger partial charge >= 0.3 is 0 Å². The molecule has 0 radical (unpaired) electrons. The summed E-state index contributed by atoms with van der Waals surface area (Å²) in [6, 6.07) is 8.17. The highest BCUT2D eigenvalue weighted by atomic mass is 16.1. The van der Waals surface area contributed by atoms with Crippen molar-refractivity contribution in [2.75, 3.05) is 23.3 Å². The summed E-state index contributed by atoms with van der Waals surface area (Å²) in [5.74, 6) is 0.797. The second-order valence-electron chi connectivity index (χ2n) is 6.93. The van der Waals surface area contributed by atoms with E-state index in [1.807, 2.05) is 13.0 Å². The molecule has 0 saturated carbocycles. The van der Waals surface area contributed by atoms with Crippen molar-refractivity contribution in [2.24, 2.45) is 5.92 Å². The molecular weight excluding hydrogens is 324 g/mol. The molecule has 1 aromatic heterocycles. The molecule has 1 fully saturated rings. The summed E-state index contributed by atoms with van der Waals surface area (Å²) in [5.41, 5.74) is 4.36. The van der Waals surface area contributed by atoms with Crippen molar-refractivity contribution in [2.45, 2.75) is 46.5 Å². The number of para-hydroxylation sites is 1. The van der Waals surface area contributed by atoms with Crippen LogP contribution in [-0.2, 0) is 17.6 Å². The molecule has 1 amide bonds. The zero-order chi connectivity index (χ0) is 18.5. The maximum Gasteiger partial charge on any atom is 0.229 e. The van der Waals surface area contributed by atoms with Crippen LogP contribution in [0.4, 0.5) is 11.6 Å². The van der Waals surface area contributed by atoms with Crippen molar-refractivity contribution in [1.82, 2.24) is 9.97 Å². The van der Waals surface area contributed by atoms with Crippen molar-refractivity contribution >= 4 is 17.5 Å². The molecule has 1 aliphatic heterocycles. The standard InChI is InChI=1S/C21H28N4O/c1-4-16-8-6-9-17(5-2)19(16)24-20(26)18-10-7-13-25(14-18)21-22-12-11-15(3)23-21/h6,8-9,11-12,18H,4-5,7,10,13-14H2,1-3H3,(H,24,26)/t18-/m0/s1. The summed E-state index contributed by atoms with van der Waals surface area (Å²) in [7, 11) is 0. The molecule has 5 nitrogen and oxygen atoms in total. The molecule has 0 aliphatic carbocycles. The molecule has 2 heterocycles. The minimum atomic E-state index is -0.0394. The minimum Gasteiger partial charge on any atom is -0.340 e. The Bertz CT molecular complexity index is 752. The van der Waals surface area contributed by atoms with Crippen molar-refractivity contribution in [3.05, 3.63) is 47.3 Å². The second kappa shape index (κ2) is 8.30. The first-order chi connectivity index (χ1) is 12.6. The molecule has 3 rings (SSSR count). The van der Waals surface area contributed by atoms with Gasteiger partial charge in [0, 0.05) is 30.7 Å². The predicted molar refractivity (Wildman–Crippen MR) is 106 cm³/mol. The van der Waals surface area contributed by atoms with E-state index in [2.05, 4.69) is 52.2 Å². The fourth-order valence-corrected chi connectivity index (χ4v) is 3.59. The van der Waals surface area contributed by atoms with E-state index in [1.54, 1.807) is 6.20 Å². The largest absolute Gasteiger partial charge is 0.340 e. The number of aromatic nitrogens is 2. The molecule has 2 aromatic rings. The Hall–Kier alpha value is -2.43. The number of nitrogens with one attached hydrogen (secondary N) is 1. The van der Waals surface area contributed by atoms with Gasteiger partial charge in [-0.15, -0.1) is 0 Å². The van der Waals surface area contributed by atoms with E-state index in [1.165, 1.54) is 11.1 Å². The number of nitrogens with zero attached hydrogens (tertiary/aromatic N) is 3. The van der Waals surface area contributed by atoms with Gasteiger partial charge in [0.2, 0.25) is 11.9 Å². The van der Waals surface area contributed by atoms with E-state index < -0.39 is 0 Å². The lowest BCUT2D eigenvalue weighted by Gasteiger charge is -2.32. The van der Waals surface area contributed by atoms with E-state index in [9.17, 15) is 4.79 Å². The maximum atomic E-state index is 13.0. The van der Waals surface area contributed by atoms with Crippen LogP contribution >= 0.6 is 0 Å². The summed E-state index contributed by atoms with van der Waals surface area (Å²) < 4.78 is 0. The van der Waals surface area contributed by atoms with E-state index in [-0.39, 0.29) is 11.8 Å². The number of rotatable bonds is 5. The molecule has 5 heteroatoms. The van der Waals surface area contributed by atoms with Crippen LogP contribution in [0.15, 0.2) is 30.5 Å². The Kier molecular flexibility index (Phi) is 5.86. The van der Waals surface area contributed by atoms with Crippen molar-refractivity contribution in [3.8, 4) is 0 Å². The summed E-state index contributed by atoms with van der Waals surface area (Å²) >= 11 is 0. The van der Waals surface area contributed by atoms with E-state index >= 15 is 0 Å². The quantitative estimate of drug-likeness (QED) is 0.890. The average Bonchev–Trinajstić information content (AvgIpc) is 2.68. The third kappa shape index (κ3) is 4.03. The first-order valence-corrected chi connectivity index (χ1v) is 9.58. The second-order valence-corrected chi connectivity index (χ2v) is 6.93. The number of carbonyl (C=O) groups excluding carboxylic acids is 1. The maximum absolute atomic E-state index is 13.0.